The van der Waals surface area contributed by atoms with Gasteiger partial charge in [-0.2, -0.15) is 0 Å². The molecule has 0 saturated carbocycles. The maximum atomic E-state index is 10.2. The Balaban J connectivity index is 1.94. The zero-order chi connectivity index (χ0) is 13.2. The summed E-state index contributed by atoms with van der Waals surface area (Å²) in [6.45, 7) is 6.72. The fourth-order valence-corrected chi connectivity index (χ4v) is 2.45. The SMILES string of the molecule is C[C@@H](N[C@@H]1COC(C)(C)C[C@H]1O)c1ccccc1. The Bertz CT molecular complexity index is 377. The predicted octanol–water partition coefficient (Wildman–Crippen LogP) is 2.27. The van der Waals surface area contributed by atoms with Crippen LogP contribution in [0.4, 0.5) is 0 Å². The molecular formula is C15H23NO2. The number of ether oxygens (including phenoxy) is 1. The lowest BCUT2D eigenvalue weighted by atomic mass is 9.92. The van der Waals surface area contributed by atoms with Gasteiger partial charge in [-0.05, 0) is 26.3 Å². The average Bonchev–Trinajstić information content (AvgIpc) is 2.33. The highest BCUT2D eigenvalue weighted by Gasteiger charge is 2.35. The van der Waals surface area contributed by atoms with Crippen molar-refractivity contribution in [1.82, 2.24) is 5.32 Å². The molecular weight excluding hydrogens is 226 g/mol. The van der Waals surface area contributed by atoms with Gasteiger partial charge in [0, 0.05) is 12.5 Å². The largest absolute Gasteiger partial charge is 0.391 e. The number of nitrogens with one attached hydrogen (secondary N) is 1. The van der Waals surface area contributed by atoms with Crippen LogP contribution in [0.15, 0.2) is 30.3 Å². The van der Waals surface area contributed by atoms with Crippen LogP contribution in [0.5, 0.6) is 0 Å². The smallest absolute Gasteiger partial charge is 0.0743 e. The lowest BCUT2D eigenvalue weighted by Gasteiger charge is -2.39. The summed E-state index contributed by atoms with van der Waals surface area (Å²) >= 11 is 0. The molecule has 1 aromatic rings. The maximum absolute atomic E-state index is 10.2. The molecule has 0 amide bonds. The van der Waals surface area contributed by atoms with E-state index >= 15 is 0 Å². The molecule has 0 radical (unpaired) electrons. The van der Waals surface area contributed by atoms with Gasteiger partial charge in [-0.1, -0.05) is 30.3 Å². The van der Waals surface area contributed by atoms with Gasteiger partial charge in [0.2, 0.25) is 0 Å². The third-order valence-corrected chi connectivity index (χ3v) is 3.58. The Kier molecular flexibility index (Phi) is 4.05. The van der Waals surface area contributed by atoms with Crippen LogP contribution in [0.2, 0.25) is 0 Å². The number of aliphatic hydroxyl groups is 1. The van der Waals surface area contributed by atoms with Crippen LogP contribution in [0.1, 0.15) is 38.8 Å². The van der Waals surface area contributed by atoms with Gasteiger partial charge in [0.25, 0.3) is 0 Å². The maximum Gasteiger partial charge on any atom is 0.0743 e. The van der Waals surface area contributed by atoms with Crippen molar-refractivity contribution in [2.45, 2.75) is 51.0 Å². The molecule has 0 spiro atoms. The third-order valence-electron chi connectivity index (χ3n) is 3.58. The predicted molar refractivity (Wildman–Crippen MR) is 72.4 cm³/mol. The summed E-state index contributed by atoms with van der Waals surface area (Å²) in [5, 5.41) is 13.6. The van der Waals surface area contributed by atoms with E-state index in [9.17, 15) is 5.11 Å². The molecule has 2 rings (SSSR count). The van der Waals surface area contributed by atoms with E-state index in [1.54, 1.807) is 0 Å². The van der Waals surface area contributed by atoms with Crippen LogP contribution in [0, 0.1) is 0 Å². The molecule has 1 heterocycles. The highest BCUT2D eigenvalue weighted by Crippen LogP contribution is 2.25. The molecule has 3 atom stereocenters. The summed E-state index contributed by atoms with van der Waals surface area (Å²) in [6, 6.07) is 10.5. The van der Waals surface area contributed by atoms with Gasteiger partial charge in [-0.15, -0.1) is 0 Å². The number of rotatable bonds is 3. The molecule has 0 bridgehead atoms. The van der Waals surface area contributed by atoms with Crippen LogP contribution in [0.25, 0.3) is 0 Å². The standard InChI is InChI=1S/C15H23NO2/c1-11(12-7-5-4-6-8-12)16-13-10-18-15(2,3)9-14(13)17/h4-8,11,13-14,16-17H,9-10H2,1-3H3/t11-,13-,14-/m1/s1. The van der Waals surface area contributed by atoms with Crippen LogP contribution in [-0.4, -0.2) is 29.5 Å². The van der Waals surface area contributed by atoms with Crippen molar-refractivity contribution < 1.29 is 9.84 Å². The molecule has 1 aliphatic heterocycles. The van der Waals surface area contributed by atoms with Gasteiger partial charge in [-0.25, -0.2) is 0 Å². The summed E-state index contributed by atoms with van der Waals surface area (Å²) < 4.78 is 5.76. The van der Waals surface area contributed by atoms with Crippen LogP contribution >= 0.6 is 0 Å². The summed E-state index contributed by atoms with van der Waals surface area (Å²) in [7, 11) is 0. The van der Waals surface area contributed by atoms with Gasteiger partial charge >= 0.3 is 0 Å². The number of benzene rings is 1. The van der Waals surface area contributed by atoms with Crippen molar-refractivity contribution in [2.75, 3.05) is 6.61 Å². The Morgan fingerprint density at radius 1 is 1.33 bits per heavy atom. The van der Waals surface area contributed by atoms with Gasteiger partial charge in [0.05, 0.1) is 24.4 Å². The molecule has 0 unspecified atom stereocenters. The minimum atomic E-state index is -0.347. The quantitative estimate of drug-likeness (QED) is 0.863. The summed E-state index contributed by atoms with van der Waals surface area (Å²) in [6.07, 6.45) is 0.325. The molecule has 1 saturated heterocycles. The van der Waals surface area contributed by atoms with E-state index in [4.69, 9.17) is 4.74 Å². The Morgan fingerprint density at radius 3 is 2.61 bits per heavy atom. The van der Waals surface area contributed by atoms with E-state index in [1.807, 2.05) is 32.0 Å². The van der Waals surface area contributed by atoms with Crippen molar-refractivity contribution in [3.8, 4) is 0 Å². The van der Waals surface area contributed by atoms with Crippen molar-refractivity contribution in [3.63, 3.8) is 0 Å². The molecule has 0 aromatic heterocycles. The van der Waals surface area contributed by atoms with Crippen molar-refractivity contribution in [2.24, 2.45) is 0 Å². The fourth-order valence-electron chi connectivity index (χ4n) is 2.45. The minimum Gasteiger partial charge on any atom is -0.391 e. The molecule has 3 heteroatoms. The topological polar surface area (TPSA) is 41.5 Å². The van der Waals surface area contributed by atoms with Crippen LogP contribution < -0.4 is 5.32 Å². The molecule has 100 valence electrons. The second kappa shape index (κ2) is 5.39. The lowest BCUT2D eigenvalue weighted by Crippen LogP contribution is -2.53. The van der Waals surface area contributed by atoms with Crippen molar-refractivity contribution >= 4 is 0 Å². The Labute approximate surface area is 109 Å². The monoisotopic (exact) mass is 249 g/mol. The van der Waals surface area contributed by atoms with E-state index in [-0.39, 0.29) is 23.8 Å². The second-order valence-electron chi connectivity index (χ2n) is 5.75. The van der Waals surface area contributed by atoms with Gasteiger partial charge in [0.15, 0.2) is 0 Å². The zero-order valence-corrected chi connectivity index (χ0v) is 11.4. The normalized spacial score (nSPS) is 28.9. The zero-order valence-electron chi connectivity index (χ0n) is 11.4. The van der Waals surface area contributed by atoms with Crippen molar-refractivity contribution in [1.29, 1.82) is 0 Å². The molecule has 2 N–H and O–H groups in total. The first-order chi connectivity index (χ1) is 8.48. The Morgan fingerprint density at radius 2 is 2.00 bits per heavy atom. The summed E-state index contributed by atoms with van der Waals surface area (Å²) in [5.74, 6) is 0. The van der Waals surface area contributed by atoms with E-state index in [1.165, 1.54) is 5.56 Å². The lowest BCUT2D eigenvalue weighted by molar-refractivity contribution is -0.115. The van der Waals surface area contributed by atoms with Crippen LogP contribution in [-0.2, 0) is 4.74 Å². The van der Waals surface area contributed by atoms with Gasteiger partial charge < -0.3 is 15.2 Å². The molecule has 1 aliphatic rings. The first-order valence-electron chi connectivity index (χ1n) is 6.61. The second-order valence-corrected chi connectivity index (χ2v) is 5.75. The van der Waals surface area contributed by atoms with Gasteiger partial charge in [-0.3, -0.25) is 0 Å². The average molecular weight is 249 g/mol. The summed E-state index contributed by atoms with van der Waals surface area (Å²) in [4.78, 5) is 0. The van der Waals surface area contributed by atoms with E-state index in [0.29, 0.717) is 13.0 Å². The fraction of sp³-hybridized carbons (Fsp3) is 0.600. The highest BCUT2D eigenvalue weighted by atomic mass is 16.5. The summed E-state index contributed by atoms with van der Waals surface area (Å²) in [5.41, 5.74) is 1.02. The van der Waals surface area contributed by atoms with E-state index in [2.05, 4.69) is 24.4 Å². The number of hydrogen-bond acceptors (Lipinski definition) is 3. The Hall–Kier alpha value is -0.900. The number of aliphatic hydroxyl groups excluding tert-OH is 1. The minimum absolute atomic E-state index is 0.00762. The van der Waals surface area contributed by atoms with E-state index < -0.39 is 0 Å². The van der Waals surface area contributed by atoms with E-state index in [0.717, 1.165) is 0 Å². The van der Waals surface area contributed by atoms with Gasteiger partial charge in [0.1, 0.15) is 0 Å². The number of hydrogen-bond donors (Lipinski definition) is 2. The first-order valence-corrected chi connectivity index (χ1v) is 6.61. The molecule has 1 aromatic carbocycles. The van der Waals surface area contributed by atoms with Crippen molar-refractivity contribution in [3.05, 3.63) is 35.9 Å². The molecule has 3 nitrogen and oxygen atoms in total. The molecule has 1 fully saturated rings. The molecule has 0 aliphatic carbocycles. The van der Waals surface area contributed by atoms with Crippen LogP contribution in [0.3, 0.4) is 0 Å². The third kappa shape index (κ3) is 3.31. The first kappa shape index (κ1) is 13.5. The highest BCUT2D eigenvalue weighted by molar-refractivity contribution is 5.18. The molecule has 18 heavy (non-hydrogen) atoms.